The zero-order chi connectivity index (χ0) is 13.8. The van der Waals surface area contributed by atoms with Crippen LogP contribution in [0.3, 0.4) is 0 Å². The molecule has 1 aromatic rings. The fourth-order valence-corrected chi connectivity index (χ4v) is 3.04. The number of nitrogens with one attached hydrogen (secondary N) is 1. The molecule has 0 aliphatic carbocycles. The van der Waals surface area contributed by atoms with Crippen LogP contribution in [0.1, 0.15) is 58.7 Å². The SMILES string of the molecule is CCNC(Cc1nc(C(C)(C)C)cs1)C(C)CC. The molecule has 1 N–H and O–H groups in total. The Bertz CT molecular complexity index is 352. The lowest BCUT2D eigenvalue weighted by atomic mass is 9.93. The minimum Gasteiger partial charge on any atom is -0.314 e. The van der Waals surface area contributed by atoms with Crippen molar-refractivity contribution in [1.29, 1.82) is 0 Å². The standard InChI is InChI=1S/C15H28N2S/c1-7-11(3)12(16-8-2)9-14-17-13(10-18-14)15(4,5)6/h10-12,16H,7-9H2,1-6H3. The minimum absolute atomic E-state index is 0.165. The number of hydrogen-bond acceptors (Lipinski definition) is 3. The summed E-state index contributed by atoms with van der Waals surface area (Å²) in [5.74, 6) is 0.701. The lowest BCUT2D eigenvalue weighted by Gasteiger charge is -2.23. The van der Waals surface area contributed by atoms with Crippen molar-refractivity contribution in [2.24, 2.45) is 5.92 Å². The molecule has 1 rings (SSSR count). The van der Waals surface area contributed by atoms with E-state index in [2.05, 4.69) is 52.2 Å². The van der Waals surface area contributed by atoms with Crippen molar-refractivity contribution >= 4 is 11.3 Å². The molecule has 0 bridgehead atoms. The monoisotopic (exact) mass is 268 g/mol. The first kappa shape index (κ1) is 15.6. The molecular formula is C15H28N2S. The highest BCUT2D eigenvalue weighted by Gasteiger charge is 2.20. The van der Waals surface area contributed by atoms with E-state index in [4.69, 9.17) is 4.98 Å². The lowest BCUT2D eigenvalue weighted by molar-refractivity contribution is 0.370. The van der Waals surface area contributed by atoms with E-state index in [1.54, 1.807) is 0 Å². The summed E-state index contributed by atoms with van der Waals surface area (Å²) < 4.78 is 0. The molecule has 0 saturated carbocycles. The van der Waals surface area contributed by atoms with Gasteiger partial charge in [0.15, 0.2) is 0 Å². The molecule has 0 spiro atoms. The Morgan fingerprint density at radius 3 is 2.44 bits per heavy atom. The van der Waals surface area contributed by atoms with Crippen LogP contribution in [0.5, 0.6) is 0 Å². The molecule has 3 heteroatoms. The van der Waals surface area contributed by atoms with Crippen molar-refractivity contribution in [2.45, 2.75) is 65.8 Å². The highest BCUT2D eigenvalue weighted by atomic mass is 32.1. The largest absolute Gasteiger partial charge is 0.314 e. The van der Waals surface area contributed by atoms with Gasteiger partial charge in [-0.15, -0.1) is 11.3 Å². The van der Waals surface area contributed by atoms with Gasteiger partial charge in [-0.3, -0.25) is 0 Å². The van der Waals surface area contributed by atoms with Crippen molar-refractivity contribution in [3.05, 3.63) is 16.1 Å². The molecule has 1 aromatic heterocycles. The van der Waals surface area contributed by atoms with Gasteiger partial charge in [-0.05, 0) is 12.5 Å². The van der Waals surface area contributed by atoms with E-state index in [9.17, 15) is 0 Å². The molecular weight excluding hydrogens is 240 g/mol. The topological polar surface area (TPSA) is 24.9 Å². The molecule has 0 amide bonds. The lowest BCUT2D eigenvalue weighted by Crippen LogP contribution is -2.36. The van der Waals surface area contributed by atoms with Gasteiger partial charge in [0.1, 0.15) is 0 Å². The number of aromatic nitrogens is 1. The second-order valence-electron chi connectivity index (χ2n) is 6.13. The van der Waals surface area contributed by atoms with Gasteiger partial charge >= 0.3 is 0 Å². The Labute approximate surface area is 116 Å². The Balaban J connectivity index is 2.72. The molecule has 0 fully saturated rings. The summed E-state index contributed by atoms with van der Waals surface area (Å²) in [6.45, 7) is 14.5. The van der Waals surface area contributed by atoms with Gasteiger partial charge in [-0.1, -0.05) is 48.0 Å². The van der Waals surface area contributed by atoms with Gasteiger partial charge in [0.05, 0.1) is 10.7 Å². The average Bonchev–Trinajstić information content (AvgIpc) is 2.75. The summed E-state index contributed by atoms with van der Waals surface area (Å²) in [7, 11) is 0. The first-order valence-electron chi connectivity index (χ1n) is 7.06. The summed E-state index contributed by atoms with van der Waals surface area (Å²) in [6, 6.07) is 0.555. The first-order chi connectivity index (χ1) is 8.38. The molecule has 2 unspecified atom stereocenters. The maximum atomic E-state index is 4.80. The van der Waals surface area contributed by atoms with Crippen LogP contribution in [-0.2, 0) is 11.8 Å². The third-order valence-electron chi connectivity index (χ3n) is 3.51. The zero-order valence-electron chi connectivity index (χ0n) is 12.7. The van der Waals surface area contributed by atoms with Gasteiger partial charge in [0.25, 0.3) is 0 Å². The van der Waals surface area contributed by atoms with Crippen molar-refractivity contribution in [3.8, 4) is 0 Å². The molecule has 1 heterocycles. The Morgan fingerprint density at radius 2 is 2.00 bits per heavy atom. The summed E-state index contributed by atoms with van der Waals surface area (Å²) in [5, 5.41) is 7.08. The van der Waals surface area contributed by atoms with Crippen LogP contribution in [0.25, 0.3) is 0 Å². The van der Waals surface area contributed by atoms with E-state index in [0.29, 0.717) is 12.0 Å². The minimum atomic E-state index is 0.165. The molecule has 0 radical (unpaired) electrons. The predicted octanol–water partition coefficient (Wildman–Crippen LogP) is 4.01. The maximum Gasteiger partial charge on any atom is 0.0944 e. The van der Waals surface area contributed by atoms with Crippen LogP contribution >= 0.6 is 11.3 Å². The number of nitrogens with zero attached hydrogens (tertiary/aromatic N) is 1. The molecule has 104 valence electrons. The van der Waals surface area contributed by atoms with E-state index in [1.807, 2.05) is 11.3 Å². The van der Waals surface area contributed by atoms with Crippen LogP contribution in [-0.4, -0.2) is 17.6 Å². The summed E-state index contributed by atoms with van der Waals surface area (Å²) >= 11 is 1.81. The smallest absolute Gasteiger partial charge is 0.0944 e. The van der Waals surface area contributed by atoms with Crippen LogP contribution in [0.4, 0.5) is 0 Å². The number of likely N-dealkylation sites (N-methyl/N-ethyl adjacent to an activating group) is 1. The molecule has 0 aliphatic rings. The van der Waals surface area contributed by atoms with Crippen molar-refractivity contribution in [3.63, 3.8) is 0 Å². The third kappa shape index (κ3) is 4.36. The molecule has 0 aliphatic heterocycles. The van der Waals surface area contributed by atoms with Gasteiger partial charge < -0.3 is 5.32 Å². The van der Waals surface area contributed by atoms with Crippen molar-refractivity contribution < 1.29 is 0 Å². The molecule has 0 saturated heterocycles. The first-order valence-corrected chi connectivity index (χ1v) is 7.94. The Kier molecular flexibility index (Phi) is 5.80. The van der Waals surface area contributed by atoms with Gasteiger partial charge in [0.2, 0.25) is 0 Å². The normalized spacial score (nSPS) is 15.7. The van der Waals surface area contributed by atoms with Crippen LogP contribution in [0.15, 0.2) is 5.38 Å². The number of thiazole rings is 1. The molecule has 2 nitrogen and oxygen atoms in total. The second-order valence-corrected chi connectivity index (χ2v) is 7.07. The van der Waals surface area contributed by atoms with Gasteiger partial charge in [-0.25, -0.2) is 4.98 Å². The van der Waals surface area contributed by atoms with Gasteiger partial charge in [-0.2, -0.15) is 0 Å². The van der Waals surface area contributed by atoms with Gasteiger partial charge in [0, 0.05) is 23.3 Å². The number of rotatable bonds is 6. The highest BCUT2D eigenvalue weighted by Crippen LogP contribution is 2.25. The van der Waals surface area contributed by atoms with E-state index in [1.165, 1.54) is 17.1 Å². The number of hydrogen-bond donors (Lipinski definition) is 1. The third-order valence-corrected chi connectivity index (χ3v) is 4.38. The molecule has 18 heavy (non-hydrogen) atoms. The van der Waals surface area contributed by atoms with E-state index in [0.717, 1.165) is 13.0 Å². The maximum absolute atomic E-state index is 4.80. The zero-order valence-corrected chi connectivity index (χ0v) is 13.5. The fraction of sp³-hybridized carbons (Fsp3) is 0.800. The summed E-state index contributed by atoms with van der Waals surface area (Å²) in [5.41, 5.74) is 1.39. The highest BCUT2D eigenvalue weighted by molar-refractivity contribution is 7.09. The van der Waals surface area contributed by atoms with E-state index < -0.39 is 0 Å². The summed E-state index contributed by atoms with van der Waals surface area (Å²) in [4.78, 5) is 4.80. The fourth-order valence-electron chi connectivity index (χ4n) is 1.96. The second kappa shape index (κ2) is 6.67. The van der Waals surface area contributed by atoms with E-state index in [-0.39, 0.29) is 5.41 Å². The predicted molar refractivity (Wildman–Crippen MR) is 81.4 cm³/mol. The Hall–Kier alpha value is -0.410. The average molecular weight is 268 g/mol. The van der Waals surface area contributed by atoms with Crippen LogP contribution in [0, 0.1) is 5.92 Å². The van der Waals surface area contributed by atoms with Crippen molar-refractivity contribution in [1.82, 2.24) is 10.3 Å². The van der Waals surface area contributed by atoms with Crippen LogP contribution < -0.4 is 5.32 Å². The quantitative estimate of drug-likeness (QED) is 0.843. The van der Waals surface area contributed by atoms with E-state index >= 15 is 0 Å². The molecule has 2 atom stereocenters. The van der Waals surface area contributed by atoms with Crippen molar-refractivity contribution in [2.75, 3.05) is 6.54 Å². The molecule has 0 aromatic carbocycles. The Morgan fingerprint density at radius 1 is 1.33 bits per heavy atom. The summed E-state index contributed by atoms with van der Waals surface area (Å²) in [6.07, 6.45) is 2.28. The van der Waals surface area contributed by atoms with Crippen LogP contribution in [0.2, 0.25) is 0 Å².